The standard InChI is InChI=1S/C20H16F3NO5/c1-2-3-4-12-9-19(25)29-18-11-14(6-7-15(12)18)28-17-8-5-13(20(21,22)23)10-16(17)24(26)27/h5-11H,2-4H2,1H3. The molecule has 2 aromatic carbocycles. The molecule has 0 saturated heterocycles. The summed E-state index contributed by atoms with van der Waals surface area (Å²) in [5.41, 5.74) is -1.47. The number of unbranched alkanes of at least 4 members (excludes halogenated alkanes) is 1. The van der Waals surface area contributed by atoms with Crippen molar-refractivity contribution in [1.29, 1.82) is 0 Å². The van der Waals surface area contributed by atoms with Crippen LogP contribution < -0.4 is 10.4 Å². The molecule has 0 saturated carbocycles. The van der Waals surface area contributed by atoms with Crippen LogP contribution in [0.3, 0.4) is 0 Å². The van der Waals surface area contributed by atoms with Gasteiger partial charge in [-0.15, -0.1) is 0 Å². The third kappa shape index (κ3) is 4.56. The van der Waals surface area contributed by atoms with E-state index < -0.39 is 28.0 Å². The quantitative estimate of drug-likeness (QED) is 0.291. The minimum absolute atomic E-state index is 0.0937. The predicted octanol–water partition coefficient (Wildman–Crippen LogP) is 5.85. The molecule has 3 rings (SSSR count). The molecule has 0 aliphatic heterocycles. The lowest BCUT2D eigenvalue weighted by molar-refractivity contribution is -0.385. The number of ether oxygens (including phenoxy) is 1. The molecule has 1 aromatic heterocycles. The first kappa shape index (κ1) is 20.4. The SMILES string of the molecule is CCCCc1cc(=O)oc2cc(Oc3ccc(C(F)(F)F)cc3[N+](=O)[O-])ccc12. The van der Waals surface area contributed by atoms with Gasteiger partial charge in [0.25, 0.3) is 0 Å². The van der Waals surface area contributed by atoms with E-state index in [4.69, 9.17) is 9.15 Å². The second-order valence-electron chi connectivity index (χ2n) is 6.39. The molecule has 0 unspecified atom stereocenters. The summed E-state index contributed by atoms with van der Waals surface area (Å²) in [5.74, 6) is -0.261. The Morgan fingerprint density at radius 2 is 1.90 bits per heavy atom. The van der Waals surface area contributed by atoms with Gasteiger partial charge in [0.1, 0.15) is 11.3 Å². The second-order valence-corrected chi connectivity index (χ2v) is 6.39. The van der Waals surface area contributed by atoms with E-state index in [1.54, 1.807) is 6.07 Å². The Morgan fingerprint density at radius 3 is 2.55 bits per heavy atom. The van der Waals surface area contributed by atoms with Crippen molar-refractivity contribution in [3.63, 3.8) is 0 Å². The van der Waals surface area contributed by atoms with Crippen LogP contribution in [0, 0.1) is 10.1 Å². The van der Waals surface area contributed by atoms with E-state index in [1.807, 2.05) is 6.92 Å². The van der Waals surface area contributed by atoms with Gasteiger partial charge in [-0.25, -0.2) is 4.79 Å². The maximum Gasteiger partial charge on any atom is 0.416 e. The summed E-state index contributed by atoms with van der Waals surface area (Å²) < 4.78 is 49.1. The van der Waals surface area contributed by atoms with Crippen LogP contribution in [-0.2, 0) is 12.6 Å². The molecule has 3 aromatic rings. The zero-order valence-corrected chi connectivity index (χ0v) is 15.3. The molecule has 0 aliphatic carbocycles. The maximum atomic E-state index is 12.8. The minimum atomic E-state index is -4.72. The van der Waals surface area contributed by atoms with Gasteiger partial charge in [0, 0.05) is 23.6 Å². The molecule has 0 aliphatic rings. The Bertz CT molecular complexity index is 1120. The lowest BCUT2D eigenvalue weighted by Gasteiger charge is -2.11. The number of benzene rings is 2. The topological polar surface area (TPSA) is 82.6 Å². The van der Waals surface area contributed by atoms with E-state index in [1.165, 1.54) is 18.2 Å². The monoisotopic (exact) mass is 407 g/mol. The summed E-state index contributed by atoms with van der Waals surface area (Å²) in [6.07, 6.45) is -2.21. The van der Waals surface area contributed by atoms with Crippen molar-refractivity contribution in [2.75, 3.05) is 0 Å². The minimum Gasteiger partial charge on any atom is -0.450 e. The Kier molecular flexibility index (Phi) is 5.58. The number of halogens is 3. The second kappa shape index (κ2) is 7.94. The smallest absolute Gasteiger partial charge is 0.416 e. The molecule has 0 fully saturated rings. The van der Waals surface area contributed by atoms with Crippen LogP contribution in [0.15, 0.2) is 51.7 Å². The first-order valence-electron chi connectivity index (χ1n) is 8.79. The maximum absolute atomic E-state index is 12.8. The summed E-state index contributed by atoms with van der Waals surface area (Å²) in [5, 5.41) is 11.9. The highest BCUT2D eigenvalue weighted by atomic mass is 19.4. The summed E-state index contributed by atoms with van der Waals surface area (Å²) in [6.45, 7) is 2.02. The molecule has 0 bridgehead atoms. The number of fused-ring (bicyclic) bond motifs is 1. The van der Waals surface area contributed by atoms with Crippen molar-refractivity contribution < 1.29 is 27.2 Å². The van der Waals surface area contributed by atoms with Gasteiger partial charge in [0.2, 0.25) is 5.75 Å². The number of aryl methyl sites for hydroxylation is 1. The molecule has 0 radical (unpaired) electrons. The van der Waals surface area contributed by atoms with Crippen molar-refractivity contribution in [2.24, 2.45) is 0 Å². The third-order valence-corrected chi connectivity index (χ3v) is 4.31. The molecule has 0 amide bonds. The first-order chi connectivity index (χ1) is 13.7. The van der Waals surface area contributed by atoms with Crippen LogP contribution in [0.2, 0.25) is 0 Å². The zero-order chi connectivity index (χ0) is 21.2. The molecule has 0 spiro atoms. The van der Waals surface area contributed by atoms with E-state index in [9.17, 15) is 28.1 Å². The molecular weight excluding hydrogens is 391 g/mol. The van der Waals surface area contributed by atoms with Crippen LogP contribution in [0.5, 0.6) is 11.5 Å². The molecule has 1 heterocycles. The largest absolute Gasteiger partial charge is 0.450 e. The van der Waals surface area contributed by atoms with Gasteiger partial charge in [-0.2, -0.15) is 13.2 Å². The summed E-state index contributed by atoms with van der Waals surface area (Å²) in [7, 11) is 0. The van der Waals surface area contributed by atoms with Crippen LogP contribution in [0.25, 0.3) is 11.0 Å². The molecule has 6 nitrogen and oxygen atoms in total. The lowest BCUT2D eigenvalue weighted by Crippen LogP contribution is -2.06. The molecule has 0 N–H and O–H groups in total. The number of rotatable bonds is 6. The van der Waals surface area contributed by atoms with E-state index in [2.05, 4.69) is 0 Å². The van der Waals surface area contributed by atoms with Crippen LogP contribution >= 0.6 is 0 Å². The first-order valence-corrected chi connectivity index (χ1v) is 8.79. The number of nitro benzene ring substituents is 1. The van der Waals surface area contributed by atoms with Gasteiger partial charge in [-0.1, -0.05) is 13.3 Å². The van der Waals surface area contributed by atoms with Crippen molar-refractivity contribution >= 4 is 16.7 Å². The molecular formula is C20H16F3NO5. The Labute approximate surface area is 162 Å². The van der Waals surface area contributed by atoms with E-state index in [-0.39, 0.29) is 17.1 Å². The highest BCUT2D eigenvalue weighted by Crippen LogP contribution is 2.38. The van der Waals surface area contributed by atoms with Gasteiger partial charge in [0.05, 0.1) is 10.5 Å². The van der Waals surface area contributed by atoms with Crippen LogP contribution in [0.4, 0.5) is 18.9 Å². The number of nitro groups is 1. The number of hydrogen-bond acceptors (Lipinski definition) is 5. The molecule has 29 heavy (non-hydrogen) atoms. The Balaban J connectivity index is 2.00. The van der Waals surface area contributed by atoms with E-state index in [0.717, 1.165) is 24.5 Å². The summed E-state index contributed by atoms with van der Waals surface area (Å²) >= 11 is 0. The molecule has 0 atom stereocenters. The fraction of sp³-hybridized carbons (Fsp3) is 0.250. The van der Waals surface area contributed by atoms with Crippen molar-refractivity contribution in [3.05, 3.63) is 74.1 Å². The number of alkyl halides is 3. The van der Waals surface area contributed by atoms with Gasteiger partial charge < -0.3 is 9.15 Å². The third-order valence-electron chi connectivity index (χ3n) is 4.31. The number of hydrogen-bond donors (Lipinski definition) is 0. The average molecular weight is 407 g/mol. The Hall–Kier alpha value is -3.36. The number of nitrogens with zero attached hydrogens (tertiary/aromatic N) is 1. The van der Waals surface area contributed by atoms with Gasteiger partial charge in [-0.3, -0.25) is 10.1 Å². The molecule has 9 heteroatoms. The van der Waals surface area contributed by atoms with Crippen LogP contribution in [0.1, 0.15) is 30.9 Å². The van der Waals surface area contributed by atoms with Crippen molar-refractivity contribution in [1.82, 2.24) is 0 Å². The zero-order valence-electron chi connectivity index (χ0n) is 15.3. The normalized spacial score (nSPS) is 11.6. The highest BCUT2D eigenvalue weighted by molar-refractivity contribution is 5.81. The average Bonchev–Trinajstić information content (AvgIpc) is 2.65. The highest BCUT2D eigenvalue weighted by Gasteiger charge is 2.33. The summed E-state index contributed by atoms with van der Waals surface area (Å²) in [4.78, 5) is 22.1. The lowest BCUT2D eigenvalue weighted by atomic mass is 10.0. The molecule has 152 valence electrons. The fourth-order valence-corrected chi connectivity index (χ4v) is 2.90. The summed E-state index contributed by atoms with van der Waals surface area (Å²) in [6, 6.07) is 7.96. The van der Waals surface area contributed by atoms with Gasteiger partial charge >= 0.3 is 17.5 Å². The van der Waals surface area contributed by atoms with Crippen molar-refractivity contribution in [3.8, 4) is 11.5 Å². The van der Waals surface area contributed by atoms with Crippen LogP contribution in [-0.4, -0.2) is 4.92 Å². The van der Waals surface area contributed by atoms with E-state index in [0.29, 0.717) is 23.9 Å². The Morgan fingerprint density at radius 1 is 1.14 bits per heavy atom. The van der Waals surface area contributed by atoms with Gasteiger partial charge in [0.15, 0.2) is 0 Å². The van der Waals surface area contributed by atoms with Gasteiger partial charge in [-0.05, 0) is 42.7 Å². The van der Waals surface area contributed by atoms with Crippen molar-refractivity contribution in [2.45, 2.75) is 32.4 Å². The fourth-order valence-electron chi connectivity index (χ4n) is 2.90. The predicted molar refractivity (Wildman–Crippen MR) is 99.3 cm³/mol. The van der Waals surface area contributed by atoms with E-state index >= 15 is 0 Å².